The van der Waals surface area contributed by atoms with Gasteiger partial charge in [-0.15, -0.1) is 0 Å². The molecular weight excluding hydrogens is 439 g/mol. The first-order chi connectivity index (χ1) is 15.8. The Bertz CT molecular complexity index is 1070. The van der Waals surface area contributed by atoms with Crippen molar-refractivity contribution in [2.45, 2.75) is 25.3 Å². The van der Waals surface area contributed by atoms with E-state index < -0.39 is 46.9 Å². The molecule has 0 saturated carbocycles. The lowest BCUT2D eigenvalue weighted by atomic mass is 9.84. The van der Waals surface area contributed by atoms with E-state index in [1.165, 1.54) is 14.2 Å². The molecule has 0 unspecified atom stereocenters. The highest BCUT2D eigenvalue weighted by Gasteiger charge is 2.36. The number of methoxy groups -OCH3 is 2. The lowest BCUT2D eigenvalue weighted by molar-refractivity contribution is -0.146. The van der Waals surface area contributed by atoms with Gasteiger partial charge in [0.1, 0.15) is 17.3 Å². The molecule has 0 fully saturated rings. The van der Waals surface area contributed by atoms with Crippen molar-refractivity contribution in [2.75, 3.05) is 20.8 Å². The third-order valence-corrected chi connectivity index (χ3v) is 5.43. The Balaban J connectivity index is 1.83. The predicted octanol–water partition coefficient (Wildman–Crippen LogP) is 4.14. The van der Waals surface area contributed by atoms with Gasteiger partial charge in [-0.25, -0.2) is 13.2 Å². The number of carbonyl (C=O) groups excluding carboxylic acids is 2. The number of rotatable bonds is 8. The molecule has 9 heteroatoms. The minimum absolute atomic E-state index is 0.174. The summed E-state index contributed by atoms with van der Waals surface area (Å²) < 4.78 is 56.6. The molecule has 0 aliphatic heterocycles. The highest BCUT2D eigenvalue weighted by molar-refractivity contribution is 5.94. The molecule has 0 saturated heterocycles. The first kappa shape index (κ1) is 24.2. The van der Waals surface area contributed by atoms with Crippen LogP contribution < -0.4 is 14.8 Å². The van der Waals surface area contributed by atoms with Crippen LogP contribution in [0.25, 0.3) is 0 Å². The SMILES string of the molecule is CCOC(=O)[C@H](c1cc(OC)ccc1OC)[C@@H]1C=C[C@@H](NC(=O)c2cc(F)c(F)cc2F)C1. The summed E-state index contributed by atoms with van der Waals surface area (Å²) in [7, 11) is 2.99. The maximum Gasteiger partial charge on any atom is 0.314 e. The Kier molecular flexibility index (Phi) is 7.63. The summed E-state index contributed by atoms with van der Waals surface area (Å²) in [5.41, 5.74) is -0.0502. The number of benzene rings is 2. The van der Waals surface area contributed by atoms with Gasteiger partial charge in [0.25, 0.3) is 5.91 Å². The highest BCUT2D eigenvalue weighted by Crippen LogP contribution is 2.40. The molecule has 2 aromatic carbocycles. The number of carbonyl (C=O) groups is 2. The first-order valence-electron chi connectivity index (χ1n) is 10.3. The first-order valence-corrected chi connectivity index (χ1v) is 10.3. The average Bonchev–Trinajstić information content (AvgIpc) is 3.24. The predicted molar refractivity (Wildman–Crippen MR) is 114 cm³/mol. The summed E-state index contributed by atoms with van der Waals surface area (Å²) in [4.78, 5) is 25.3. The number of allylic oxidation sites excluding steroid dienone is 1. The summed E-state index contributed by atoms with van der Waals surface area (Å²) in [5.74, 6) is -5.39. The van der Waals surface area contributed by atoms with Gasteiger partial charge in [0.2, 0.25) is 0 Å². The van der Waals surface area contributed by atoms with Crippen molar-refractivity contribution in [3.63, 3.8) is 0 Å². The Morgan fingerprint density at radius 3 is 2.42 bits per heavy atom. The van der Waals surface area contributed by atoms with Crippen molar-refractivity contribution >= 4 is 11.9 Å². The number of hydrogen-bond acceptors (Lipinski definition) is 5. The van der Waals surface area contributed by atoms with Gasteiger partial charge < -0.3 is 19.5 Å². The van der Waals surface area contributed by atoms with Gasteiger partial charge in [-0.1, -0.05) is 12.2 Å². The zero-order chi connectivity index (χ0) is 24.1. The fourth-order valence-electron chi connectivity index (χ4n) is 3.87. The minimum Gasteiger partial charge on any atom is -0.497 e. The molecule has 1 amide bonds. The molecule has 1 aliphatic carbocycles. The van der Waals surface area contributed by atoms with Crippen LogP contribution in [-0.2, 0) is 9.53 Å². The third kappa shape index (κ3) is 5.30. The van der Waals surface area contributed by atoms with Crippen LogP contribution in [0.3, 0.4) is 0 Å². The van der Waals surface area contributed by atoms with Crippen LogP contribution in [0.15, 0.2) is 42.5 Å². The monoisotopic (exact) mass is 463 g/mol. The Hall–Kier alpha value is -3.49. The largest absolute Gasteiger partial charge is 0.497 e. The molecule has 0 radical (unpaired) electrons. The van der Waals surface area contributed by atoms with Gasteiger partial charge in [-0.2, -0.15) is 0 Å². The van der Waals surface area contributed by atoms with Crippen LogP contribution >= 0.6 is 0 Å². The molecule has 0 heterocycles. The molecular formula is C24H24F3NO5. The molecule has 3 rings (SSSR count). The van der Waals surface area contributed by atoms with Crippen molar-refractivity contribution in [3.8, 4) is 11.5 Å². The molecule has 3 atom stereocenters. The van der Waals surface area contributed by atoms with Crippen molar-refractivity contribution in [2.24, 2.45) is 5.92 Å². The van der Waals surface area contributed by atoms with Gasteiger partial charge in [-0.3, -0.25) is 9.59 Å². The average molecular weight is 463 g/mol. The topological polar surface area (TPSA) is 73.9 Å². The summed E-state index contributed by atoms with van der Waals surface area (Å²) in [6.07, 6.45) is 3.72. The van der Waals surface area contributed by atoms with Crippen molar-refractivity contribution in [3.05, 3.63) is 71.1 Å². The van der Waals surface area contributed by atoms with Crippen LogP contribution in [-0.4, -0.2) is 38.7 Å². The van der Waals surface area contributed by atoms with E-state index in [-0.39, 0.29) is 12.5 Å². The number of ether oxygens (including phenoxy) is 3. The second-order valence-corrected chi connectivity index (χ2v) is 7.45. The zero-order valence-corrected chi connectivity index (χ0v) is 18.4. The summed E-state index contributed by atoms with van der Waals surface area (Å²) in [5, 5.41) is 2.58. The smallest absolute Gasteiger partial charge is 0.314 e. The van der Waals surface area contributed by atoms with E-state index in [1.807, 2.05) is 0 Å². The normalized spacial score (nSPS) is 18.0. The molecule has 2 aromatic rings. The lowest BCUT2D eigenvalue weighted by Crippen LogP contribution is -2.34. The molecule has 6 nitrogen and oxygen atoms in total. The lowest BCUT2D eigenvalue weighted by Gasteiger charge is -2.24. The van der Waals surface area contributed by atoms with E-state index in [2.05, 4.69) is 5.32 Å². The van der Waals surface area contributed by atoms with Gasteiger partial charge in [0, 0.05) is 17.7 Å². The van der Waals surface area contributed by atoms with Crippen LogP contribution in [0.4, 0.5) is 13.2 Å². The number of hydrogen-bond donors (Lipinski definition) is 1. The highest BCUT2D eigenvalue weighted by atomic mass is 19.2. The Labute approximate surface area is 189 Å². The van der Waals surface area contributed by atoms with E-state index in [4.69, 9.17) is 14.2 Å². The van der Waals surface area contributed by atoms with Crippen LogP contribution in [0.5, 0.6) is 11.5 Å². The van der Waals surface area contributed by atoms with Gasteiger partial charge in [0.05, 0.1) is 32.3 Å². The number of halogens is 3. The fourth-order valence-corrected chi connectivity index (χ4v) is 3.87. The molecule has 0 bridgehead atoms. The molecule has 0 aromatic heterocycles. The molecule has 1 N–H and O–H groups in total. The standard InChI is InChI=1S/C24H24F3NO5/c1-4-33-24(30)22(17-10-15(31-2)7-8-21(17)32-3)13-5-6-14(9-13)28-23(29)16-11-19(26)20(27)12-18(16)25/h5-8,10-14,22H,4,9H2,1-3H3,(H,28,29)/t13-,14-,22+/m1/s1. The second kappa shape index (κ2) is 10.4. The van der Waals surface area contributed by atoms with Gasteiger partial charge in [0.15, 0.2) is 11.6 Å². The van der Waals surface area contributed by atoms with Crippen LogP contribution in [0, 0.1) is 23.4 Å². The summed E-state index contributed by atoms with van der Waals surface area (Å²) in [6, 6.07) is 5.35. The Morgan fingerprint density at radius 2 is 1.76 bits per heavy atom. The zero-order valence-electron chi connectivity index (χ0n) is 18.4. The molecule has 176 valence electrons. The quantitative estimate of drug-likeness (QED) is 0.362. The van der Waals surface area contributed by atoms with E-state index >= 15 is 0 Å². The van der Waals surface area contributed by atoms with E-state index in [1.54, 1.807) is 37.3 Å². The van der Waals surface area contributed by atoms with Gasteiger partial charge in [-0.05, 0) is 43.5 Å². The van der Waals surface area contributed by atoms with Crippen LogP contribution in [0.2, 0.25) is 0 Å². The van der Waals surface area contributed by atoms with Crippen molar-refractivity contribution < 1.29 is 37.0 Å². The van der Waals surface area contributed by atoms with E-state index in [9.17, 15) is 22.8 Å². The summed E-state index contributed by atoms with van der Waals surface area (Å²) in [6.45, 7) is 1.87. The maximum absolute atomic E-state index is 14.0. The van der Waals surface area contributed by atoms with Crippen LogP contribution in [0.1, 0.15) is 35.2 Å². The Morgan fingerprint density at radius 1 is 1.03 bits per heavy atom. The second-order valence-electron chi connectivity index (χ2n) is 7.45. The maximum atomic E-state index is 14.0. The number of nitrogens with one attached hydrogen (secondary N) is 1. The van der Waals surface area contributed by atoms with Gasteiger partial charge >= 0.3 is 5.97 Å². The minimum atomic E-state index is -1.38. The molecule has 33 heavy (non-hydrogen) atoms. The van der Waals surface area contributed by atoms with E-state index in [0.29, 0.717) is 35.6 Å². The number of amides is 1. The fraction of sp³-hybridized carbons (Fsp3) is 0.333. The summed E-state index contributed by atoms with van der Waals surface area (Å²) >= 11 is 0. The molecule has 0 spiro atoms. The van der Waals surface area contributed by atoms with E-state index in [0.717, 1.165) is 0 Å². The van der Waals surface area contributed by atoms with Crippen molar-refractivity contribution in [1.29, 1.82) is 0 Å². The number of esters is 1. The molecule has 1 aliphatic rings. The van der Waals surface area contributed by atoms with Crippen molar-refractivity contribution in [1.82, 2.24) is 5.32 Å². The third-order valence-electron chi connectivity index (χ3n) is 5.43.